The summed E-state index contributed by atoms with van der Waals surface area (Å²) >= 11 is 0. The van der Waals surface area contributed by atoms with Crippen LogP contribution in [0.3, 0.4) is 0 Å². The maximum Gasteiger partial charge on any atom is 2.00 e. The summed E-state index contributed by atoms with van der Waals surface area (Å²) < 4.78 is 6.56. The van der Waals surface area contributed by atoms with E-state index in [2.05, 4.69) is 163 Å². The van der Waals surface area contributed by atoms with Gasteiger partial charge in [0.2, 0.25) is 0 Å². The standard InChI is InChI=1S/C43H27NO.W/c1-3-16-30(17-4-1)32-20-8-12-26-38(32)44(31-18-5-2-6-19-31)39-27-15-25-37-42(39)33-21-7-9-22-34(33)43(37)35-23-10-13-28-40(35)45-41-29-14-11-24-36(41)43;/h1-16,18-19,21-29H;/q-2;+2. The van der Waals surface area contributed by atoms with Gasteiger partial charge in [-0.1, -0.05) is 96.7 Å². The van der Waals surface area contributed by atoms with Gasteiger partial charge in [-0.15, -0.1) is 18.2 Å². The third-order valence-electron chi connectivity index (χ3n) is 9.16. The summed E-state index contributed by atoms with van der Waals surface area (Å²) in [4.78, 5) is 2.39. The smallest absolute Gasteiger partial charge is 0.457 e. The minimum Gasteiger partial charge on any atom is -0.457 e. The Balaban J connectivity index is 0.00000312. The van der Waals surface area contributed by atoms with E-state index in [0.717, 1.165) is 50.8 Å². The zero-order valence-corrected chi connectivity index (χ0v) is 27.8. The van der Waals surface area contributed by atoms with Gasteiger partial charge in [-0.05, 0) is 47.0 Å². The van der Waals surface area contributed by atoms with Gasteiger partial charge in [-0.25, -0.2) is 11.1 Å². The summed E-state index contributed by atoms with van der Waals surface area (Å²) in [6.07, 6.45) is 0. The molecule has 1 aliphatic heterocycles. The second-order valence-electron chi connectivity index (χ2n) is 11.5. The molecule has 0 amide bonds. The van der Waals surface area contributed by atoms with E-state index in [4.69, 9.17) is 4.74 Å². The molecule has 0 saturated carbocycles. The van der Waals surface area contributed by atoms with Crippen molar-refractivity contribution in [3.8, 4) is 33.8 Å². The summed E-state index contributed by atoms with van der Waals surface area (Å²) in [6.45, 7) is 0. The summed E-state index contributed by atoms with van der Waals surface area (Å²) in [5, 5.41) is 0. The van der Waals surface area contributed by atoms with Crippen LogP contribution < -0.4 is 9.64 Å². The molecule has 1 aliphatic carbocycles. The first-order valence-corrected chi connectivity index (χ1v) is 15.3. The van der Waals surface area contributed by atoms with Crippen molar-refractivity contribution in [3.63, 3.8) is 0 Å². The van der Waals surface area contributed by atoms with E-state index in [1.165, 1.54) is 22.3 Å². The van der Waals surface area contributed by atoms with E-state index >= 15 is 0 Å². The predicted molar refractivity (Wildman–Crippen MR) is 182 cm³/mol. The van der Waals surface area contributed by atoms with Gasteiger partial charge in [-0.3, -0.25) is 0 Å². The predicted octanol–water partition coefficient (Wildman–Crippen LogP) is 10.9. The molecule has 0 radical (unpaired) electrons. The van der Waals surface area contributed by atoms with E-state index in [1.54, 1.807) is 0 Å². The van der Waals surface area contributed by atoms with Gasteiger partial charge in [0, 0.05) is 28.1 Å². The van der Waals surface area contributed by atoms with Crippen LogP contribution in [-0.4, -0.2) is 0 Å². The van der Waals surface area contributed by atoms with Crippen molar-refractivity contribution in [2.75, 3.05) is 4.90 Å². The van der Waals surface area contributed by atoms with Crippen LogP contribution in [0.25, 0.3) is 22.3 Å². The first kappa shape index (κ1) is 28.3. The SMILES string of the molecule is [W+2].[c-]1ccccc1-c1[c-]cccc1N(c1ccccc1)c1cccc2c1-c1ccccc1C21c2ccccc2Oc2ccccc21. The molecule has 0 saturated heterocycles. The minimum absolute atomic E-state index is 0. The van der Waals surface area contributed by atoms with Crippen molar-refractivity contribution in [1.29, 1.82) is 0 Å². The van der Waals surface area contributed by atoms with Crippen LogP contribution in [0.1, 0.15) is 22.3 Å². The zero-order valence-electron chi connectivity index (χ0n) is 24.9. The minimum atomic E-state index is -0.533. The Morgan fingerprint density at radius 2 is 1.09 bits per heavy atom. The Bertz CT molecular complexity index is 2160. The molecular formula is C43H27NOW. The normalized spacial score (nSPS) is 13.0. The Morgan fingerprint density at radius 1 is 0.478 bits per heavy atom. The molecule has 0 fully saturated rings. The largest absolute Gasteiger partial charge is 2.00 e. The molecule has 9 rings (SSSR count). The monoisotopic (exact) mass is 757 g/mol. The van der Waals surface area contributed by atoms with Gasteiger partial charge in [0.05, 0.1) is 5.41 Å². The third-order valence-corrected chi connectivity index (χ3v) is 9.16. The molecule has 2 aliphatic rings. The molecular weight excluding hydrogens is 730 g/mol. The Hall–Kier alpha value is -5.17. The molecule has 46 heavy (non-hydrogen) atoms. The fourth-order valence-corrected chi connectivity index (χ4v) is 7.43. The van der Waals surface area contributed by atoms with E-state index in [-0.39, 0.29) is 21.1 Å². The molecule has 2 nitrogen and oxygen atoms in total. The molecule has 216 valence electrons. The molecule has 7 aromatic carbocycles. The molecule has 7 aromatic rings. The van der Waals surface area contributed by atoms with Crippen molar-refractivity contribution >= 4 is 17.1 Å². The van der Waals surface area contributed by atoms with Gasteiger partial charge >= 0.3 is 21.1 Å². The second-order valence-corrected chi connectivity index (χ2v) is 11.5. The first-order valence-electron chi connectivity index (χ1n) is 15.3. The average Bonchev–Trinajstić information content (AvgIpc) is 3.41. The topological polar surface area (TPSA) is 12.5 Å². The Morgan fingerprint density at radius 3 is 1.83 bits per heavy atom. The molecule has 0 aromatic heterocycles. The second kappa shape index (κ2) is 11.3. The number of benzene rings is 7. The van der Waals surface area contributed by atoms with Gasteiger partial charge in [0.1, 0.15) is 11.5 Å². The van der Waals surface area contributed by atoms with Crippen molar-refractivity contribution in [2.24, 2.45) is 0 Å². The van der Waals surface area contributed by atoms with Crippen molar-refractivity contribution in [3.05, 3.63) is 198 Å². The van der Waals surface area contributed by atoms with Crippen LogP contribution in [0.5, 0.6) is 11.5 Å². The summed E-state index contributed by atoms with van der Waals surface area (Å²) in [7, 11) is 0. The number of hydrogen-bond acceptors (Lipinski definition) is 2. The quantitative estimate of drug-likeness (QED) is 0.166. The van der Waals surface area contributed by atoms with Crippen molar-refractivity contribution in [2.45, 2.75) is 5.41 Å². The Labute approximate surface area is 283 Å². The van der Waals surface area contributed by atoms with Gasteiger partial charge < -0.3 is 9.64 Å². The van der Waals surface area contributed by atoms with E-state index in [1.807, 2.05) is 18.2 Å². The van der Waals surface area contributed by atoms with Crippen LogP contribution in [0.4, 0.5) is 17.1 Å². The number of fused-ring (bicyclic) bond motifs is 9. The number of ether oxygens (including phenoxy) is 1. The summed E-state index contributed by atoms with van der Waals surface area (Å²) in [5.74, 6) is 1.78. The molecule has 1 heterocycles. The molecule has 0 unspecified atom stereocenters. The molecule has 1 spiro atoms. The first-order chi connectivity index (χ1) is 22.4. The number of anilines is 3. The van der Waals surface area contributed by atoms with Crippen molar-refractivity contribution in [1.82, 2.24) is 0 Å². The Kier molecular flexibility index (Phi) is 6.97. The summed E-state index contributed by atoms with van der Waals surface area (Å²) in [6, 6.07) is 64.7. The fraction of sp³-hybridized carbons (Fsp3) is 0.0233. The number of hydrogen-bond donors (Lipinski definition) is 0. The van der Waals surface area contributed by atoms with Gasteiger partial charge in [0.15, 0.2) is 0 Å². The zero-order chi connectivity index (χ0) is 29.8. The van der Waals surface area contributed by atoms with Crippen LogP contribution in [0, 0.1) is 12.1 Å². The fourth-order valence-electron chi connectivity index (χ4n) is 7.43. The number of rotatable bonds is 4. The van der Waals surface area contributed by atoms with Crippen LogP contribution in [0.15, 0.2) is 164 Å². The van der Waals surface area contributed by atoms with E-state index < -0.39 is 5.41 Å². The number of para-hydroxylation sites is 3. The van der Waals surface area contributed by atoms with E-state index in [9.17, 15) is 0 Å². The van der Waals surface area contributed by atoms with Gasteiger partial charge in [0.25, 0.3) is 0 Å². The van der Waals surface area contributed by atoms with Gasteiger partial charge in [-0.2, -0.15) is 36.4 Å². The van der Waals surface area contributed by atoms with E-state index in [0.29, 0.717) is 0 Å². The third kappa shape index (κ3) is 4.07. The molecule has 0 atom stereocenters. The molecule has 0 N–H and O–H groups in total. The average molecular weight is 758 g/mol. The van der Waals surface area contributed by atoms with Crippen LogP contribution in [0.2, 0.25) is 0 Å². The van der Waals surface area contributed by atoms with Crippen LogP contribution >= 0.6 is 0 Å². The maximum absolute atomic E-state index is 6.56. The molecule has 3 heteroatoms. The maximum atomic E-state index is 6.56. The van der Waals surface area contributed by atoms with Crippen molar-refractivity contribution < 1.29 is 25.8 Å². The number of nitrogens with zero attached hydrogens (tertiary/aromatic N) is 1. The summed E-state index contributed by atoms with van der Waals surface area (Å²) in [5.41, 5.74) is 12.0. The van der Waals surface area contributed by atoms with Crippen LogP contribution in [-0.2, 0) is 26.5 Å². The molecule has 0 bridgehead atoms.